The zero-order valence-electron chi connectivity index (χ0n) is 13.3. The molecule has 0 saturated heterocycles. The summed E-state index contributed by atoms with van der Waals surface area (Å²) < 4.78 is 0. The summed E-state index contributed by atoms with van der Waals surface area (Å²) in [5.74, 6) is -0.0531. The lowest BCUT2D eigenvalue weighted by atomic mass is 9.91. The van der Waals surface area contributed by atoms with E-state index in [9.17, 15) is 4.79 Å². The first-order chi connectivity index (χ1) is 10.7. The highest BCUT2D eigenvalue weighted by molar-refractivity contribution is 5.84. The van der Waals surface area contributed by atoms with Gasteiger partial charge in [0.25, 0.3) is 0 Å². The van der Waals surface area contributed by atoms with Crippen LogP contribution in [0.25, 0.3) is 0 Å². The van der Waals surface area contributed by atoms with Crippen LogP contribution in [-0.4, -0.2) is 38.0 Å². The van der Waals surface area contributed by atoms with Crippen LogP contribution in [0.15, 0.2) is 60.7 Å². The topological polar surface area (TPSA) is 32.3 Å². The van der Waals surface area contributed by atoms with E-state index in [1.807, 2.05) is 62.6 Å². The number of nitrogens with zero attached hydrogens (tertiary/aromatic N) is 1. The fourth-order valence-electron chi connectivity index (χ4n) is 2.42. The van der Waals surface area contributed by atoms with Gasteiger partial charge in [-0.1, -0.05) is 60.7 Å². The summed E-state index contributed by atoms with van der Waals surface area (Å²) in [5, 5.41) is 3.05. The van der Waals surface area contributed by atoms with Crippen molar-refractivity contribution in [1.82, 2.24) is 10.2 Å². The van der Waals surface area contributed by atoms with Crippen molar-refractivity contribution in [1.29, 1.82) is 0 Å². The molecule has 1 atom stereocenters. The van der Waals surface area contributed by atoms with Crippen LogP contribution in [0.5, 0.6) is 0 Å². The molecule has 116 valence electrons. The maximum Gasteiger partial charge on any atom is 0.227 e. The van der Waals surface area contributed by atoms with E-state index in [1.165, 1.54) is 5.56 Å². The Labute approximate surface area is 133 Å². The monoisotopic (exact) mass is 296 g/mol. The fourth-order valence-corrected chi connectivity index (χ4v) is 2.42. The first-order valence-electron chi connectivity index (χ1n) is 7.68. The van der Waals surface area contributed by atoms with E-state index < -0.39 is 0 Å². The summed E-state index contributed by atoms with van der Waals surface area (Å²) >= 11 is 0. The molecule has 2 rings (SSSR count). The van der Waals surface area contributed by atoms with Gasteiger partial charge < -0.3 is 10.2 Å². The van der Waals surface area contributed by atoms with Gasteiger partial charge in [-0.05, 0) is 31.6 Å². The second-order valence-electron chi connectivity index (χ2n) is 5.75. The summed E-state index contributed by atoms with van der Waals surface area (Å²) in [4.78, 5) is 14.7. The lowest BCUT2D eigenvalue weighted by Crippen LogP contribution is -2.35. The number of nitrogens with one attached hydrogen (secondary N) is 1. The van der Waals surface area contributed by atoms with Crippen LogP contribution >= 0.6 is 0 Å². The third kappa shape index (κ3) is 5.01. The molecule has 0 fully saturated rings. The van der Waals surface area contributed by atoms with Gasteiger partial charge in [0, 0.05) is 13.1 Å². The van der Waals surface area contributed by atoms with Crippen LogP contribution < -0.4 is 5.32 Å². The number of rotatable bonds is 7. The molecule has 3 heteroatoms. The maximum atomic E-state index is 12.6. The van der Waals surface area contributed by atoms with E-state index in [0.717, 1.165) is 18.5 Å². The van der Waals surface area contributed by atoms with Crippen molar-refractivity contribution < 1.29 is 4.79 Å². The van der Waals surface area contributed by atoms with Gasteiger partial charge in [-0.3, -0.25) is 4.79 Å². The Hall–Kier alpha value is -2.13. The van der Waals surface area contributed by atoms with Crippen molar-refractivity contribution in [3.63, 3.8) is 0 Å². The molecular formula is C19H24N2O. The SMILES string of the molecule is CN(C)CCNC(=O)C(Cc1ccccc1)c1ccccc1. The molecule has 22 heavy (non-hydrogen) atoms. The molecule has 1 amide bonds. The molecule has 0 aromatic heterocycles. The number of likely N-dealkylation sites (N-methyl/N-ethyl adjacent to an activating group) is 1. The number of carbonyl (C=O) groups excluding carboxylic acids is 1. The Morgan fingerprint density at radius 1 is 1.00 bits per heavy atom. The smallest absolute Gasteiger partial charge is 0.227 e. The molecule has 0 saturated carbocycles. The molecule has 3 nitrogen and oxygen atoms in total. The quantitative estimate of drug-likeness (QED) is 0.852. The zero-order chi connectivity index (χ0) is 15.8. The summed E-state index contributed by atoms with van der Waals surface area (Å²) in [7, 11) is 4.01. The Kier molecular flexibility index (Phi) is 6.16. The predicted molar refractivity (Wildman–Crippen MR) is 90.9 cm³/mol. The van der Waals surface area contributed by atoms with Gasteiger partial charge in [0.2, 0.25) is 5.91 Å². The van der Waals surface area contributed by atoms with E-state index in [1.54, 1.807) is 0 Å². The van der Waals surface area contributed by atoms with Crippen LogP contribution in [0.4, 0.5) is 0 Å². The van der Waals surface area contributed by atoms with Crippen molar-refractivity contribution in [2.75, 3.05) is 27.2 Å². The molecule has 0 aliphatic rings. The van der Waals surface area contributed by atoms with E-state index in [4.69, 9.17) is 0 Å². The molecule has 0 radical (unpaired) electrons. The molecular weight excluding hydrogens is 272 g/mol. The van der Waals surface area contributed by atoms with Crippen LogP contribution in [-0.2, 0) is 11.2 Å². The van der Waals surface area contributed by atoms with Crippen LogP contribution in [0.3, 0.4) is 0 Å². The molecule has 0 heterocycles. The van der Waals surface area contributed by atoms with E-state index in [-0.39, 0.29) is 11.8 Å². The van der Waals surface area contributed by atoms with Gasteiger partial charge in [-0.25, -0.2) is 0 Å². The zero-order valence-corrected chi connectivity index (χ0v) is 13.3. The summed E-state index contributed by atoms with van der Waals surface area (Å²) in [6.45, 7) is 1.52. The minimum absolute atomic E-state index is 0.0944. The van der Waals surface area contributed by atoms with Gasteiger partial charge in [0.1, 0.15) is 0 Å². The average molecular weight is 296 g/mol. The van der Waals surface area contributed by atoms with Gasteiger partial charge in [-0.2, -0.15) is 0 Å². The standard InChI is InChI=1S/C19H24N2O/c1-21(2)14-13-20-19(22)18(17-11-7-4-8-12-17)15-16-9-5-3-6-10-16/h3-12,18H,13-15H2,1-2H3,(H,20,22). The Bertz CT molecular complexity index is 567. The van der Waals surface area contributed by atoms with E-state index >= 15 is 0 Å². The molecule has 2 aromatic carbocycles. The highest BCUT2D eigenvalue weighted by Crippen LogP contribution is 2.21. The lowest BCUT2D eigenvalue weighted by Gasteiger charge is -2.18. The molecule has 2 aromatic rings. The Morgan fingerprint density at radius 3 is 2.18 bits per heavy atom. The summed E-state index contributed by atoms with van der Waals surface area (Å²) in [6, 6.07) is 20.2. The predicted octanol–water partition coefficient (Wildman–Crippen LogP) is 2.69. The largest absolute Gasteiger partial charge is 0.354 e. The molecule has 0 bridgehead atoms. The normalized spacial score (nSPS) is 12.1. The highest BCUT2D eigenvalue weighted by Gasteiger charge is 2.20. The van der Waals surface area contributed by atoms with Gasteiger partial charge in [0.15, 0.2) is 0 Å². The average Bonchev–Trinajstić information content (AvgIpc) is 2.54. The lowest BCUT2D eigenvalue weighted by molar-refractivity contribution is -0.122. The van der Waals surface area contributed by atoms with Crippen molar-refractivity contribution in [2.45, 2.75) is 12.3 Å². The van der Waals surface area contributed by atoms with Crippen molar-refractivity contribution in [3.8, 4) is 0 Å². The number of benzene rings is 2. The van der Waals surface area contributed by atoms with Crippen molar-refractivity contribution in [3.05, 3.63) is 71.8 Å². The maximum absolute atomic E-state index is 12.6. The van der Waals surface area contributed by atoms with Crippen LogP contribution in [0.2, 0.25) is 0 Å². The number of carbonyl (C=O) groups is 1. The Morgan fingerprint density at radius 2 is 1.59 bits per heavy atom. The number of hydrogen-bond acceptors (Lipinski definition) is 2. The minimum atomic E-state index is -0.147. The summed E-state index contributed by atoms with van der Waals surface area (Å²) in [6.07, 6.45) is 0.721. The third-order valence-electron chi connectivity index (χ3n) is 3.66. The molecule has 0 spiro atoms. The third-order valence-corrected chi connectivity index (χ3v) is 3.66. The molecule has 1 N–H and O–H groups in total. The second kappa shape index (κ2) is 8.35. The molecule has 0 aliphatic heterocycles. The van der Waals surface area contributed by atoms with Crippen molar-refractivity contribution >= 4 is 5.91 Å². The number of hydrogen-bond donors (Lipinski definition) is 1. The Balaban J connectivity index is 2.10. The fraction of sp³-hybridized carbons (Fsp3) is 0.316. The van der Waals surface area contributed by atoms with Crippen LogP contribution in [0, 0.1) is 0 Å². The van der Waals surface area contributed by atoms with Gasteiger partial charge in [-0.15, -0.1) is 0 Å². The van der Waals surface area contributed by atoms with E-state index in [2.05, 4.69) is 22.3 Å². The first kappa shape index (κ1) is 16.2. The number of amides is 1. The van der Waals surface area contributed by atoms with Gasteiger partial charge in [0.05, 0.1) is 5.92 Å². The summed E-state index contributed by atoms with van der Waals surface area (Å²) in [5.41, 5.74) is 2.24. The second-order valence-corrected chi connectivity index (χ2v) is 5.75. The minimum Gasteiger partial charge on any atom is -0.354 e. The highest BCUT2D eigenvalue weighted by atomic mass is 16.1. The van der Waals surface area contributed by atoms with E-state index in [0.29, 0.717) is 6.54 Å². The first-order valence-corrected chi connectivity index (χ1v) is 7.68. The molecule has 1 unspecified atom stereocenters. The molecule has 0 aliphatic carbocycles. The van der Waals surface area contributed by atoms with Gasteiger partial charge >= 0.3 is 0 Å². The van der Waals surface area contributed by atoms with Crippen molar-refractivity contribution in [2.24, 2.45) is 0 Å². The van der Waals surface area contributed by atoms with Crippen LogP contribution in [0.1, 0.15) is 17.0 Å².